The van der Waals surface area contributed by atoms with Crippen molar-refractivity contribution in [2.45, 2.75) is 18.8 Å². The van der Waals surface area contributed by atoms with Crippen molar-refractivity contribution in [3.05, 3.63) is 70.8 Å². The van der Waals surface area contributed by atoms with Gasteiger partial charge in [-0.2, -0.15) is 0 Å². The first kappa shape index (κ1) is 17.5. The zero-order chi connectivity index (χ0) is 16.9. The Morgan fingerprint density at radius 1 is 0.957 bits per heavy atom. The summed E-state index contributed by atoms with van der Waals surface area (Å²) in [5, 5.41) is 8.94. The van der Waals surface area contributed by atoms with Crippen LogP contribution < -0.4 is 4.72 Å². The molecule has 0 saturated heterocycles. The van der Waals surface area contributed by atoms with Crippen molar-refractivity contribution in [3.8, 4) is 0 Å². The van der Waals surface area contributed by atoms with Gasteiger partial charge in [0.2, 0.25) is 10.0 Å². The van der Waals surface area contributed by atoms with E-state index in [2.05, 4.69) is 4.72 Å². The minimum absolute atomic E-state index is 0.0545. The van der Waals surface area contributed by atoms with Gasteiger partial charge in [0.15, 0.2) is 0 Å². The maximum atomic E-state index is 13.5. The Kier molecular flexibility index (Phi) is 5.81. The van der Waals surface area contributed by atoms with E-state index in [1.165, 1.54) is 6.07 Å². The molecule has 0 aromatic heterocycles. The Balaban J connectivity index is 1.93. The summed E-state index contributed by atoms with van der Waals surface area (Å²) in [4.78, 5) is 0. The van der Waals surface area contributed by atoms with Crippen LogP contribution in [0.4, 0.5) is 8.78 Å². The zero-order valence-electron chi connectivity index (χ0n) is 12.3. The third-order valence-electron chi connectivity index (χ3n) is 3.34. The van der Waals surface area contributed by atoms with Gasteiger partial charge in [0.25, 0.3) is 0 Å². The molecular weight excluding hydrogens is 324 g/mol. The first-order valence-corrected chi connectivity index (χ1v) is 8.65. The van der Waals surface area contributed by atoms with Gasteiger partial charge >= 0.3 is 0 Å². The molecule has 0 aliphatic heterocycles. The fourth-order valence-electron chi connectivity index (χ4n) is 2.07. The van der Waals surface area contributed by atoms with Gasteiger partial charge in [-0.3, -0.25) is 0 Å². The molecule has 2 aromatic rings. The van der Waals surface area contributed by atoms with E-state index in [-0.39, 0.29) is 13.2 Å². The SMILES string of the molecule is O=S(=O)(Cc1c(F)cccc1F)NCCc1ccc(CO)cc1. The van der Waals surface area contributed by atoms with Crippen molar-refractivity contribution in [2.24, 2.45) is 0 Å². The molecule has 0 saturated carbocycles. The molecule has 0 heterocycles. The summed E-state index contributed by atoms with van der Waals surface area (Å²) in [6.45, 7) is 0.0675. The van der Waals surface area contributed by atoms with Crippen LogP contribution in [-0.4, -0.2) is 20.1 Å². The molecular formula is C16H17F2NO3S. The molecule has 124 valence electrons. The molecule has 0 bridgehead atoms. The smallest absolute Gasteiger partial charge is 0.216 e. The van der Waals surface area contributed by atoms with Gasteiger partial charge in [-0.05, 0) is 29.7 Å². The zero-order valence-corrected chi connectivity index (χ0v) is 13.1. The number of hydrogen-bond donors (Lipinski definition) is 2. The second-order valence-corrected chi connectivity index (χ2v) is 6.89. The van der Waals surface area contributed by atoms with E-state index in [1.54, 1.807) is 24.3 Å². The number of halogens is 2. The number of benzene rings is 2. The average molecular weight is 341 g/mol. The first-order chi connectivity index (χ1) is 10.9. The van der Waals surface area contributed by atoms with Crippen LogP contribution in [0.25, 0.3) is 0 Å². The monoisotopic (exact) mass is 341 g/mol. The highest BCUT2D eigenvalue weighted by molar-refractivity contribution is 7.88. The van der Waals surface area contributed by atoms with Crippen LogP contribution in [0.15, 0.2) is 42.5 Å². The molecule has 0 spiro atoms. The number of hydrogen-bond acceptors (Lipinski definition) is 3. The normalized spacial score (nSPS) is 11.6. The summed E-state index contributed by atoms with van der Waals surface area (Å²) in [6.07, 6.45) is 0.435. The Labute approximate surface area is 133 Å². The second-order valence-electron chi connectivity index (χ2n) is 5.08. The number of aliphatic hydroxyl groups is 1. The quantitative estimate of drug-likeness (QED) is 0.811. The van der Waals surface area contributed by atoms with Gasteiger partial charge < -0.3 is 5.11 Å². The largest absolute Gasteiger partial charge is 0.392 e. The van der Waals surface area contributed by atoms with Gasteiger partial charge in [-0.15, -0.1) is 0 Å². The lowest BCUT2D eigenvalue weighted by molar-refractivity contribution is 0.282. The molecule has 0 unspecified atom stereocenters. The maximum Gasteiger partial charge on any atom is 0.216 e. The number of rotatable bonds is 7. The van der Waals surface area contributed by atoms with Crippen molar-refractivity contribution >= 4 is 10.0 Å². The number of nitrogens with one attached hydrogen (secondary N) is 1. The Morgan fingerprint density at radius 3 is 2.09 bits per heavy atom. The molecule has 0 atom stereocenters. The maximum absolute atomic E-state index is 13.5. The van der Waals surface area contributed by atoms with Gasteiger partial charge in [0.05, 0.1) is 12.4 Å². The van der Waals surface area contributed by atoms with Crippen LogP contribution in [0.2, 0.25) is 0 Å². The molecule has 23 heavy (non-hydrogen) atoms. The summed E-state index contributed by atoms with van der Waals surface area (Å²) >= 11 is 0. The second kappa shape index (κ2) is 7.63. The molecule has 7 heteroatoms. The fourth-order valence-corrected chi connectivity index (χ4v) is 3.24. The predicted octanol–water partition coefficient (Wildman–Crippen LogP) is 2.12. The highest BCUT2D eigenvalue weighted by atomic mass is 32.2. The molecule has 0 fully saturated rings. The molecule has 4 nitrogen and oxygen atoms in total. The third kappa shape index (κ3) is 5.09. The van der Waals surface area contributed by atoms with Gasteiger partial charge in [0.1, 0.15) is 11.6 Å². The summed E-state index contributed by atoms with van der Waals surface area (Å²) < 4.78 is 53.1. The standard InChI is InChI=1S/C16H17F2NO3S/c17-15-2-1-3-16(18)14(15)11-23(21,22)19-9-8-12-4-6-13(10-20)7-5-12/h1-7,19-20H,8-11H2. The third-order valence-corrected chi connectivity index (χ3v) is 4.65. The van der Waals surface area contributed by atoms with Crippen molar-refractivity contribution in [3.63, 3.8) is 0 Å². The molecule has 2 aromatic carbocycles. The highest BCUT2D eigenvalue weighted by Gasteiger charge is 2.17. The Hall–Kier alpha value is -1.83. The van der Waals surface area contributed by atoms with E-state index >= 15 is 0 Å². The fraction of sp³-hybridized carbons (Fsp3) is 0.250. The Morgan fingerprint density at radius 2 is 1.52 bits per heavy atom. The van der Waals surface area contributed by atoms with E-state index in [4.69, 9.17) is 5.11 Å². The van der Waals surface area contributed by atoms with Crippen LogP contribution in [0.1, 0.15) is 16.7 Å². The van der Waals surface area contributed by atoms with Crippen LogP contribution in [0, 0.1) is 11.6 Å². The van der Waals surface area contributed by atoms with Crippen LogP contribution in [0.3, 0.4) is 0 Å². The topological polar surface area (TPSA) is 66.4 Å². The summed E-state index contributed by atoms with van der Waals surface area (Å²) in [7, 11) is -3.83. The van der Waals surface area contributed by atoms with Crippen LogP contribution in [0.5, 0.6) is 0 Å². The van der Waals surface area contributed by atoms with E-state index in [1.807, 2.05) is 0 Å². The lowest BCUT2D eigenvalue weighted by atomic mass is 10.1. The van der Waals surface area contributed by atoms with E-state index in [0.29, 0.717) is 6.42 Å². The van der Waals surface area contributed by atoms with Gasteiger partial charge in [-0.1, -0.05) is 30.3 Å². The van der Waals surface area contributed by atoms with Crippen molar-refractivity contribution < 1.29 is 22.3 Å². The average Bonchev–Trinajstić information content (AvgIpc) is 2.52. The molecule has 0 aliphatic rings. The summed E-state index contributed by atoms with van der Waals surface area (Å²) in [5.74, 6) is -2.50. The lowest BCUT2D eigenvalue weighted by Crippen LogP contribution is -2.28. The lowest BCUT2D eigenvalue weighted by Gasteiger charge is -2.09. The highest BCUT2D eigenvalue weighted by Crippen LogP contribution is 2.15. The van der Waals surface area contributed by atoms with Crippen molar-refractivity contribution in [1.82, 2.24) is 4.72 Å². The molecule has 0 radical (unpaired) electrons. The van der Waals surface area contributed by atoms with Gasteiger partial charge in [-0.25, -0.2) is 21.9 Å². The van der Waals surface area contributed by atoms with E-state index in [9.17, 15) is 17.2 Å². The summed E-state index contributed by atoms with van der Waals surface area (Å²) in [6, 6.07) is 10.3. The van der Waals surface area contributed by atoms with E-state index in [0.717, 1.165) is 23.3 Å². The minimum Gasteiger partial charge on any atom is -0.392 e. The number of aliphatic hydroxyl groups excluding tert-OH is 1. The van der Waals surface area contributed by atoms with Crippen molar-refractivity contribution in [2.75, 3.05) is 6.54 Å². The molecule has 0 aliphatic carbocycles. The molecule has 0 amide bonds. The van der Waals surface area contributed by atoms with Crippen LogP contribution in [-0.2, 0) is 28.8 Å². The van der Waals surface area contributed by atoms with Crippen molar-refractivity contribution in [1.29, 1.82) is 0 Å². The Bertz CT molecular complexity index is 741. The number of sulfonamides is 1. The first-order valence-electron chi connectivity index (χ1n) is 7.00. The molecule has 2 rings (SSSR count). The van der Waals surface area contributed by atoms with Crippen LogP contribution >= 0.6 is 0 Å². The van der Waals surface area contributed by atoms with E-state index < -0.39 is 33.0 Å². The molecule has 2 N–H and O–H groups in total. The van der Waals surface area contributed by atoms with Gasteiger partial charge in [0, 0.05) is 12.1 Å². The summed E-state index contributed by atoms with van der Waals surface area (Å²) in [5.41, 5.74) is 1.19. The predicted molar refractivity (Wildman–Crippen MR) is 83.1 cm³/mol. The minimum atomic E-state index is -3.83.